The molecule has 144 valence electrons. The van der Waals surface area contributed by atoms with Crippen LogP contribution in [0, 0.1) is 5.92 Å². The molecule has 2 aliphatic heterocycles. The maximum absolute atomic E-state index is 12.0. The second-order valence-corrected chi connectivity index (χ2v) is 7.64. The van der Waals surface area contributed by atoms with Crippen LogP contribution in [0.4, 0.5) is 0 Å². The van der Waals surface area contributed by atoms with Crippen molar-refractivity contribution >= 4 is 0 Å². The molecule has 2 fully saturated rings. The average molecular weight is 367 g/mol. The van der Waals surface area contributed by atoms with Gasteiger partial charge in [0, 0.05) is 32.7 Å². The molecular weight excluding hydrogens is 338 g/mol. The number of nitrogens with one attached hydrogen (secondary N) is 1. The molecule has 0 amide bonds. The van der Waals surface area contributed by atoms with Gasteiger partial charge in [0.2, 0.25) is 0 Å². The highest BCUT2D eigenvalue weighted by Gasteiger charge is 2.46. The van der Waals surface area contributed by atoms with Gasteiger partial charge in [0.25, 0.3) is 0 Å². The third-order valence-electron chi connectivity index (χ3n) is 5.99. The minimum absolute atomic E-state index is 0.181. The molecule has 0 saturated carbocycles. The first-order valence-electron chi connectivity index (χ1n) is 10.0. The molecule has 27 heavy (non-hydrogen) atoms. The first kappa shape index (κ1) is 18.6. The average Bonchev–Trinajstić information content (AvgIpc) is 2.76. The van der Waals surface area contributed by atoms with E-state index < -0.39 is 5.60 Å². The van der Waals surface area contributed by atoms with Crippen molar-refractivity contribution in [2.45, 2.75) is 31.0 Å². The van der Waals surface area contributed by atoms with Gasteiger partial charge in [-0.1, -0.05) is 54.6 Å². The molecule has 0 aromatic heterocycles. The molecule has 2 saturated heterocycles. The monoisotopic (exact) mass is 367 g/mol. The zero-order valence-corrected chi connectivity index (χ0v) is 15.8. The molecule has 2 aliphatic rings. The van der Waals surface area contributed by atoms with Crippen molar-refractivity contribution in [1.29, 1.82) is 0 Å². The van der Waals surface area contributed by atoms with E-state index in [0.29, 0.717) is 32.8 Å². The van der Waals surface area contributed by atoms with E-state index in [4.69, 9.17) is 9.47 Å². The van der Waals surface area contributed by atoms with Crippen molar-refractivity contribution < 1.29 is 14.6 Å². The zero-order chi connectivity index (χ0) is 18.5. The molecule has 0 spiro atoms. The van der Waals surface area contributed by atoms with Gasteiger partial charge in [-0.25, -0.2) is 0 Å². The summed E-state index contributed by atoms with van der Waals surface area (Å²) in [4.78, 5) is 0. The summed E-state index contributed by atoms with van der Waals surface area (Å²) in [5, 5.41) is 15.4. The highest BCUT2D eigenvalue weighted by molar-refractivity contribution is 5.67. The fraction of sp³-hybridized carbons (Fsp3) is 0.478. The fourth-order valence-electron chi connectivity index (χ4n) is 4.48. The topological polar surface area (TPSA) is 50.7 Å². The highest BCUT2D eigenvalue weighted by Crippen LogP contribution is 2.37. The summed E-state index contributed by atoms with van der Waals surface area (Å²) < 4.78 is 11.6. The smallest absolute Gasteiger partial charge is 0.0992 e. The largest absolute Gasteiger partial charge is 0.386 e. The summed E-state index contributed by atoms with van der Waals surface area (Å²) in [6.45, 7) is 3.62. The summed E-state index contributed by atoms with van der Waals surface area (Å²) in [5.74, 6) is 0.181. The Kier molecular flexibility index (Phi) is 5.89. The molecule has 4 rings (SSSR count). The second kappa shape index (κ2) is 8.53. The van der Waals surface area contributed by atoms with E-state index in [2.05, 4.69) is 53.8 Å². The maximum atomic E-state index is 12.0. The Morgan fingerprint density at radius 1 is 0.963 bits per heavy atom. The number of benzene rings is 2. The van der Waals surface area contributed by atoms with E-state index >= 15 is 0 Å². The summed E-state index contributed by atoms with van der Waals surface area (Å²) >= 11 is 0. The molecule has 2 unspecified atom stereocenters. The lowest BCUT2D eigenvalue weighted by Crippen LogP contribution is -2.59. The van der Waals surface area contributed by atoms with Crippen LogP contribution < -0.4 is 5.32 Å². The van der Waals surface area contributed by atoms with Crippen LogP contribution in [-0.4, -0.2) is 49.7 Å². The SMILES string of the molecule is OC(Cc1ccccc1-c1ccccc1)(C1CCOCC1)C1CNCCO1. The predicted octanol–water partition coefficient (Wildman–Crippen LogP) is 3.04. The van der Waals surface area contributed by atoms with Crippen LogP contribution in [-0.2, 0) is 15.9 Å². The van der Waals surface area contributed by atoms with E-state index in [1.54, 1.807) is 0 Å². The van der Waals surface area contributed by atoms with Gasteiger partial charge in [-0.3, -0.25) is 0 Å². The van der Waals surface area contributed by atoms with Crippen LogP contribution in [0.25, 0.3) is 11.1 Å². The first-order valence-corrected chi connectivity index (χ1v) is 10.0. The summed E-state index contributed by atoms with van der Waals surface area (Å²) in [7, 11) is 0. The Bertz CT molecular complexity index is 703. The molecule has 4 nitrogen and oxygen atoms in total. The van der Waals surface area contributed by atoms with Crippen LogP contribution in [0.5, 0.6) is 0 Å². The number of aliphatic hydroxyl groups is 1. The standard InChI is InChI=1S/C23H29NO3/c25-23(20-10-13-26-14-11-20,22-17-24-12-15-27-22)16-19-8-4-5-9-21(19)18-6-2-1-3-7-18/h1-9,20,22,24-25H,10-17H2. The molecule has 2 aromatic rings. The van der Waals surface area contributed by atoms with Crippen LogP contribution in [0.15, 0.2) is 54.6 Å². The van der Waals surface area contributed by atoms with Gasteiger partial charge in [0.15, 0.2) is 0 Å². The maximum Gasteiger partial charge on any atom is 0.0992 e. The highest BCUT2D eigenvalue weighted by atomic mass is 16.5. The van der Waals surface area contributed by atoms with Crippen molar-refractivity contribution in [2.75, 3.05) is 32.9 Å². The van der Waals surface area contributed by atoms with Gasteiger partial charge in [0.05, 0.1) is 18.3 Å². The Hall–Kier alpha value is -1.72. The van der Waals surface area contributed by atoms with Crippen LogP contribution >= 0.6 is 0 Å². The van der Waals surface area contributed by atoms with E-state index in [1.807, 2.05) is 6.07 Å². The lowest BCUT2D eigenvalue weighted by Gasteiger charge is -2.45. The Morgan fingerprint density at radius 3 is 2.44 bits per heavy atom. The Labute approximate surface area is 161 Å². The number of ether oxygens (including phenoxy) is 2. The van der Waals surface area contributed by atoms with Crippen molar-refractivity contribution in [3.63, 3.8) is 0 Å². The van der Waals surface area contributed by atoms with Crippen LogP contribution in [0.1, 0.15) is 18.4 Å². The lowest BCUT2D eigenvalue weighted by atomic mass is 9.73. The minimum Gasteiger partial charge on any atom is -0.386 e. The molecule has 2 aromatic carbocycles. The number of rotatable bonds is 5. The number of morpholine rings is 1. The van der Waals surface area contributed by atoms with Crippen LogP contribution in [0.3, 0.4) is 0 Å². The fourth-order valence-corrected chi connectivity index (χ4v) is 4.48. The van der Waals surface area contributed by atoms with E-state index in [0.717, 1.165) is 19.4 Å². The van der Waals surface area contributed by atoms with Gasteiger partial charge in [-0.05, 0) is 35.4 Å². The Balaban J connectivity index is 1.68. The molecule has 0 radical (unpaired) electrons. The zero-order valence-electron chi connectivity index (χ0n) is 15.8. The molecule has 2 heterocycles. The van der Waals surface area contributed by atoms with Crippen molar-refractivity contribution in [3.8, 4) is 11.1 Å². The van der Waals surface area contributed by atoms with Crippen LogP contribution in [0.2, 0.25) is 0 Å². The second-order valence-electron chi connectivity index (χ2n) is 7.64. The van der Waals surface area contributed by atoms with Gasteiger partial charge in [0.1, 0.15) is 0 Å². The van der Waals surface area contributed by atoms with Gasteiger partial charge in [-0.15, -0.1) is 0 Å². The predicted molar refractivity (Wildman–Crippen MR) is 107 cm³/mol. The molecule has 2 atom stereocenters. The minimum atomic E-state index is -0.901. The quantitative estimate of drug-likeness (QED) is 0.853. The van der Waals surface area contributed by atoms with Gasteiger partial charge >= 0.3 is 0 Å². The summed E-state index contributed by atoms with van der Waals surface area (Å²) in [6.07, 6.45) is 2.15. The third kappa shape index (κ3) is 4.09. The number of hydrogen-bond acceptors (Lipinski definition) is 4. The van der Waals surface area contributed by atoms with Crippen molar-refractivity contribution in [3.05, 3.63) is 60.2 Å². The molecule has 4 heteroatoms. The summed E-state index contributed by atoms with van der Waals surface area (Å²) in [6, 6.07) is 18.8. The Morgan fingerprint density at radius 2 is 1.70 bits per heavy atom. The third-order valence-corrected chi connectivity index (χ3v) is 5.99. The summed E-state index contributed by atoms with van der Waals surface area (Å²) in [5.41, 5.74) is 2.64. The number of hydrogen-bond donors (Lipinski definition) is 2. The van der Waals surface area contributed by atoms with Gasteiger partial charge in [-0.2, -0.15) is 0 Å². The van der Waals surface area contributed by atoms with Crippen molar-refractivity contribution in [1.82, 2.24) is 5.32 Å². The van der Waals surface area contributed by atoms with E-state index in [1.165, 1.54) is 16.7 Å². The van der Waals surface area contributed by atoms with Gasteiger partial charge < -0.3 is 19.9 Å². The first-order chi connectivity index (χ1) is 13.3. The van der Waals surface area contributed by atoms with E-state index in [-0.39, 0.29) is 12.0 Å². The lowest BCUT2D eigenvalue weighted by molar-refractivity contribution is -0.163. The molecule has 0 bridgehead atoms. The van der Waals surface area contributed by atoms with E-state index in [9.17, 15) is 5.11 Å². The molecule has 2 N–H and O–H groups in total. The van der Waals surface area contributed by atoms with Crippen molar-refractivity contribution in [2.24, 2.45) is 5.92 Å². The normalized spacial score (nSPS) is 23.7. The molecular formula is C23H29NO3. The molecule has 0 aliphatic carbocycles.